The normalized spacial score (nSPS) is 14.4. The summed E-state index contributed by atoms with van der Waals surface area (Å²) in [6, 6.07) is 5.60. The average molecular weight is 647 g/mol. The van der Waals surface area contributed by atoms with Gasteiger partial charge in [0.1, 0.15) is 17.3 Å². The van der Waals surface area contributed by atoms with Crippen LogP contribution < -0.4 is 19.7 Å². The number of benzene rings is 1. The first-order chi connectivity index (χ1) is 19.4. The van der Waals surface area contributed by atoms with Gasteiger partial charge in [-0.25, -0.2) is 9.78 Å². The molecule has 0 radical (unpaired) electrons. The molecule has 0 atom stereocenters. The molecule has 2 aromatic rings. The molecule has 0 saturated carbocycles. The molecule has 0 unspecified atom stereocenters. The summed E-state index contributed by atoms with van der Waals surface area (Å²) in [7, 11) is 1.51. The number of hydrogen-bond donors (Lipinski definition) is 3. The first-order valence-electron chi connectivity index (χ1n) is 13.9. The third kappa shape index (κ3) is 7.21. The Balaban J connectivity index is 0.00000484. The third-order valence-electron chi connectivity index (χ3n) is 7.20. The predicted octanol–water partition coefficient (Wildman–Crippen LogP) is 3.73. The molecule has 1 amide bonds. The average Bonchev–Trinajstić information content (AvgIpc) is 3.54. The molecule has 3 heterocycles. The Morgan fingerprint density at radius 3 is 2.40 bits per heavy atom. The minimum atomic E-state index is -1.05. The Labute approximate surface area is 256 Å². The number of hydrogen-bond acceptors (Lipinski definition) is 8. The molecular weight excluding hydrogens is 606 g/mol. The first kappa shape index (κ1) is 32.8. The number of Topliss-reactive ketones (excluding diaryl/α,β-unsaturated/α-hetero) is 1. The van der Waals surface area contributed by atoms with Gasteiger partial charge in [-0.1, -0.05) is 26.8 Å². The highest BCUT2D eigenvalue weighted by Gasteiger charge is 2.31. The van der Waals surface area contributed by atoms with Crippen LogP contribution in [0.4, 0.5) is 5.69 Å². The summed E-state index contributed by atoms with van der Waals surface area (Å²) in [5, 5.41) is 20.5. The van der Waals surface area contributed by atoms with Crippen LogP contribution in [-0.4, -0.2) is 78.4 Å². The van der Waals surface area contributed by atoms with E-state index in [2.05, 4.69) is 15.2 Å². The molecular formula is C30H40BrN5O6. The van der Waals surface area contributed by atoms with Crippen molar-refractivity contribution in [3.8, 4) is 11.5 Å². The number of carboxylic acids is 1. The molecule has 2 aliphatic rings. The van der Waals surface area contributed by atoms with Gasteiger partial charge in [-0.2, -0.15) is 0 Å². The van der Waals surface area contributed by atoms with Crippen molar-refractivity contribution in [2.24, 2.45) is 0 Å². The fourth-order valence-corrected chi connectivity index (χ4v) is 5.28. The number of pyridine rings is 1. The van der Waals surface area contributed by atoms with Crippen molar-refractivity contribution < 1.29 is 29.0 Å². The summed E-state index contributed by atoms with van der Waals surface area (Å²) in [4.78, 5) is 45.3. The van der Waals surface area contributed by atoms with E-state index in [0.717, 1.165) is 48.3 Å². The van der Waals surface area contributed by atoms with Crippen molar-refractivity contribution in [3.63, 3.8) is 0 Å². The van der Waals surface area contributed by atoms with Gasteiger partial charge in [-0.15, -0.1) is 17.0 Å². The van der Waals surface area contributed by atoms with Crippen LogP contribution in [0.15, 0.2) is 18.2 Å². The highest BCUT2D eigenvalue weighted by atomic mass is 79.9. The number of amides is 1. The van der Waals surface area contributed by atoms with E-state index in [1.165, 1.54) is 7.05 Å². The Morgan fingerprint density at radius 1 is 1.12 bits per heavy atom. The largest absolute Gasteiger partial charge is 0.491 e. The fourth-order valence-electron chi connectivity index (χ4n) is 5.28. The van der Waals surface area contributed by atoms with Gasteiger partial charge in [-0.05, 0) is 42.9 Å². The zero-order valence-corrected chi connectivity index (χ0v) is 26.5. The number of rotatable bonds is 11. The van der Waals surface area contributed by atoms with E-state index < -0.39 is 18.5 Å². The number of carbonyl (C=O) groups is 3. The molecule has 11 nitrogen and oxygen atoms in total. The quantitative estimate of drug-likeness (QED) is 0.333. The van der Waals surface area contributed by atoms with E-state index in [-0.39, 0.29) is 52.7 Å². The number of anilines is 1. The number of ketones is 1. The van der Waals surface area contributed by atoms with Crippen molar-refractivity contribution in [2.45, 2.75) is 58.9 Å². The summed E-state index contributed by atoms with van der Waals surface area (Å²) >= 11 is 0. The van der Waals surface area contributed by atoms with Crippen LogP contribution in [0.5, 0.6) is 11.5 Å². The van der Waals surface area contributed by atoms with Gasteiger partial charge in [0.05, 0.1) is 18.8 Å². The zero-order chi connectivity index (χ0) is 29.9. The second-order valence-corrected chi connectivity index (χ2v) is 11.4. The molecule has 4 rings (SSSR count). The maximum atomic E-state index is 13.4. The molecule has 3 N–H and O–H groups in total. The summed E-state index contributed by atoms with van der Waals surface area (Å²) < 4.78 is 11.5. The number of aliphatic carboxylic acids is 1. The van der Waals surface area contributed by atoms with Crippen molar-refractivity contribution >= 4 is 46.2 Å². The topological polar surface area (TPSA) is 145 Å². The summed E-state index contributed by atoms with van der Waals surface area (Å²) in [6.07, 6.45) is 2.21. The maximum Gasteiger partial charge on any atom is 0.341 e. The Kier molecular flexibility index (Phi) is 10.6. The number of nitrogens with one attached hydrogen (secondary N) is 2. The van der Waals surface area contributed by atoms with E-state index >= 15 is 0 Å². The standard InChI is InChI=1S/C30H39N5O6.BrH/c1-6-40-23-14-19-15-35(28(31)25(19)33-26(23)29(39)32-5)16-20(36)11-18-12-21(30(2,3)4)27(41-17-24(37)38)22(13-18)34-9-7-8-10-34;/h12-14,31H,6-11,15-17H2,1-5H3,(H,32,39)(H,37,38);1H. The lowest BCUT2D eigenvalue weighted by atomic mass is 9.84. The molecule has 0 aliphatic carbocycles. The molecule has 0 spiro atoms. The van der Waals surface area contributed by atoms with Crippen LogP contribution in [0.25, 0.3) is 0 Å². The minimum Gasteiger partial charge on any atom is -0.491 e. The van der Waals surface area contributed by atoms with Gasteiger partial charge in [0.15, 0.2) is 23.8 Å². The monoisotopic (exact) mass is 645 g/mol. The molecule has 1 fully saturated rings. The fraction of sp³-hybridized carbons (Fsp3) is 0.500. The van der Waals surface area contributed by atoms with Crippen LogP contribution in [0.1, 0.15) is 73.4 Å². The Morgan fingerprint density at radius 2 is 1.81 bits per heavy atom. The van der Waals surface area contributed by atoms with Crippen molar-refractivity contribution in [1.29, 1.82) is 5.41 Å². The van der Waals surface area contributed by atoms with Gasteiger partial charge in [0, 0.05) is 44.2 Å². The van der Waals surface area contributed by atoms with Gasteiger partial charge in [-0.3, -0.25) is 15.0 Å². The highest BCUT2D eigenvalue weighted by Crippen LogP contribution is 2.41. The number of nitrogens with zero attached hydrogens (tertiary/aromatic N) is 3. The Hall–Kier alpha value is -3.67. The van der Waals surface area contributed by atoms with Crippen molar-refractivity contribution in [1.82, 2.24) is 15.2 Å². The molecule has 1 saturated heterocycles. The predicted molar refractivity (Wildman–Crippen MR) is 165 cm³/mol. The van der Waals surface area contributed by atoms with Crippen LogP contribution >= 0.6 is 17.0 Å². The molecule has 1 aromatic heterocycles. The molecule has 42 heavy (non-hydrogen) atoms. The molecule has 12 heteroatoms. The number of halogens is 1. The van der Waals surface area contributed by atoms with E-state index in [1.54, 1.807) is 11.0 Å². The maximum absolute atomic E-state index is 13.4. The van der Waals surface area contributed by atoms with Gasteiger partial charge in [0.2, 0.25) is 0 Å². The number of ether oxygens (including phenoxy) is 2. The lowest BCUT2D eigenvalue weighted by molar-refractivity contribution is -0.139. The summed E-state index contributed by atoms with van der Waals surface area (Å²) in [6.45, 7) is 9.84. The summed E-state index contributed by atoms with van der Waals surface area (Å²) in [5.41, 5.74) is 3.33. The zero-order valence-electron chi connectivity index (χ0n) is 24.8. The lowest BCUT2D eigenvalue weighted by Crippen LogP contribution is -2.31. The number of fused-ring (bicyclic) bond motifs is 1. The molecule has 2 aliphatic heterocycles. The summed E-state index contributed by atoms with van der Waals surface area (Å²) in [5.74, 6) is -0.537. The second-order valence-electron chi connectivity index (χ2n) is 11.4. The van der Waals surface area contributed by atoms with Gasteiger partial charge in [0.25, 0.3) is 5.91 Å². The van der Waals surface area contributed by atoms with Gasteiger partial charge >= 0.3 is 5.97 Å². The third-order valence-corrected chi connectivity index (χ3v) is 7.20. The highest BCUT2D eigenvalue weighted by molar-refractivity contribution is 8.93. The number of carbonyl (C=O) groups excluding carboxylic acids is 2. The minimum absolute atomic E-state index is 0. The van der Waals surface area contributed by atoms with E-state index in [4.69, 9.17) is 14.9 Å². The first-order valence-corrected chi connectivity index (χ1v) is 13.9. The van der Waals surface area contributed by atoms with E-state index in [1.807, 2.05) is 39.8 Å². The SMILES string of the molecule is Br.CCOc1cc2c(nc1C(=O)NC)C(=N)N(CC(=O)Cc1cc(N3CCCC3)c(OCC(=O)O)c(C(C)(C)C)c1)C2. The number of carboxylic acid groups (broad SMARTS) is 1. The van der Waals surface area contributed by atoms with Crippen molar-refractivity contribution in [2.75, 3.05) is 44.8 Å². The van der Waals surface area contributed by atoms with E-state index in [9.17, 15) is 19.5 Å². The van der Waals surface area contributed by atoms with Crippen LogP contribution in [-0.2, 0) is 28.0 Å². The molecule has 0 bridgehead atoms. The molecule has 1 aromatic carbocycles. The van der Waals surface area contributed by atoms with Crippen molar-refractivity contribution in [3.05, 3.63) is 46.3 Å². The van der Waals surface area contributed by atoms with Crippen LogP contribution in [0.2, 0.25) is 0 Å². The Bertz CT molecular complexity index is 1370. The lowest BCUT2D eigenvalue weighted by Gasteiger charge is -2.29. The second kappa shape index (κ2) is 13.5. The number of amidine groups is 1. The smallest absolute Gasteiger partial charge is 0.341 e. The van der Waals surface area contributed by atoms with Crippen LogP contribution in [0, 0.1) is 5.41 Å². The number of aromatic nitrogens is 1. The van der Waals surface area contributed by atoms with Gasteiger partial charge < -0.3 is 29.7 Å². The van der Waals surface area contributed by atoms with E-state index in [0.29, 0.717) is 30.3 Å². The van der Waals surface area contributed by atoms with Crippen LogP contribution in [0.3, 0.4) is 0 Å². The molecule has 228 valence electrons.